The first-order valence-corrected chi connectivity index (χ1v) is 23.4. The van der Waals surface area contributed by atoms with Crippen LogP contribution in [0.1, 0.15) is 252 Å². The van der Waals surface area contributed by atoms with Crippen molar-refractivity contribution >= 4 is 23.7 Å². The first-order chi connectivity index (χ1) is 24.5. The van der Waals surface area contributed by atoms with Gasteiger partial charge in [-0.3, -0.25) is 9.59 Å². The van der Waals surface area contributed by atoms with Crippen LogP contribution < -0.4 is 0 Å². The number of rotatable bonds is 41. The van der Waals surface area contributed by atoms with Gasteiger partial charge in [0.2, 0.25) is 0 Å². The summed E-state index contributed by atoms with van der Waals surface area (Å²) < 4.78 is 10.9. The molecule has 0 spiro atoms. The number of hydrogen-bond donors (Lipinski definition) is 0. The molecule has 0 N–H and O–H groups in total. The van der Waals surface area contributed by atoms with E-state index in [1.165, 1.54) is 180 Å². The fourth-order valence-corrected chi connectivity index (χ4v) is 7.95. The molecule has 4 nitrogen and oxygen atoms in total. The summed E-state index contributed by atoms with van der Waals surface area (Å²) in [4.78, 5) is 24.8. The van der Waals surface area contributed by atoms with E-state index in [4.69, 9.17) is 9.47 Å². The van der Waals surface area contributed by atoms with Gasteiger partial charge in [0.05, 0.1) is 26.1 Å². The highest BCUT2D eigenvalue weighted by Gasteiger charge is 2.27. The number of ether oxygens (including phenoxy) is 2. The summed E-state index contributed by atoms with van der Waals surface area (Å²) in [6.07, 6.45) is 44.7. The van der Waals surface area contributed by atoms with Gasteiger partial charge in [0.1, 0.15) is 0 Å². The molecule has 0 rings (SSSR count). The monoisotopic (exact) mass is 725 g/mol. The summed E-state index contributed by atoms with van der Waals surface area (Å²) in [7, 11) is 0. The number of unbranched alkanes of at least 4 members (excludes halogenated alkanes) is 30. The molecule has 0 aromatic rings. The Hall–Kier alpha value is -0.710. The predicted octanol–water partition coefficient (Wildman–Crippen LogP) is 15.3. The lowest BCUT2D eigenvalue weighted by Gasteiger charge is -2.26. The molecule has 0 radical (unpaired) electrons. The molecule has 0 bridgehead atoms. The first kappa shape index (κ1) is 49.3. The van der Waals surface area contributed by atoms with Crippen LogP contribution >= 0.6 is 11.8 Å². The largest absolute Gasteiger partial charge is 0.466 e. The summed E-state index contributed by atoms with van der Waals surface area (Å²) in [5, 5.41) is 0. The zero-order chi connectivity index (χ0) is 36.6. The number of carbonyl (C=O) groups is 2. The standard InChI is InChI=1S/C45H88O4S/c1-5-8-10-12-14-16-18-20-22-24-26-28-30-32-34-36-39-48-43(46)38-41-50-45(4,7-3)42-44(47)49-40-37-35-33-31-29-27-25-23-21-19-17-15-13-11-9-6-2/h5-42H2,1-4H3. The maximum atomic E-state index is 12.5. The highest BCUT2D eigenvalue weighted by Crippen LogP contribution is 2.33. The molecule has 0 amide bonds. The highest BCUT2D eigenvalue weighted by atomic mass is 32.2. The molecule has 1 atom stereocenters. The van der Waals surface area contributed by atoms with Crippen LogP contribution in [0.25, 0.3) is 0 Å². The van der Waals surface area contributed by atoms with Crippen molar-refractivity contribution in [2.45, 2.75) is 257 Å². The molecule has 5 heteroatoms. The van der Waals surface area contributed by atoms with Gasteiger partial charge in [-0.15, -0.1) is 0 Å². The van der Waals surface area contributed by atoms with Gasteiger partial charge < -0.3 is 9.47 Å². The topological polar surface area (TPSA) is 52.6 Å². The number of carbonyl (C=O) groups excluding carboxylic acids is 2. The van der Waals surface area contributed by atoms with E-state index in [0.29, 0.717) is 31.8 Å². The minimum Gasteiger partial charge on any atom is -0.466 e. The SMILES string of the molecule is CCCCCCCCCCCCCCCCCCOC(=O)CCSC(C)(CC)CC(=O)OCCCCCCCCCCCCCCCCCC. The second kappa shape index (κ2) is 39.5. The van der Waals surface area contributed by atoms with E-state index in [2.05, 4.69) is 27.7 Å². The van der Waals surface area contributed by atoms with Crippen LogP contribution in [-0.2, 0) is 19.1 Å². The van der Waals surface area contributed by atoms with E-state index in [1.54, 1.807) is 11.8 Å². The Kier molecular flexibility index (Phi) is 38.9. The Morgan fingerprint density at radius 1 is 0.420 bits per heavy atom. The number of hydrogen-bond acceptors (Lipinski definition) is 5. The van der Waals surface area contributed by atoms with Crippen LogP contribution in [0.5, 0.6) is 0 Å². The molecular weight excluding hydrogens is 637 g/mol. The lowest BCUT2D eigenvalue weighted by molar-refractivity contribution is -0.144. The minimum atomic E-state index is -0.195. The second-order valence-corrected chi connectivity index (χ2v) is 17.3. The zero-order valence-corrected chi connectivity index (χ0v) is 35.2. The second-order valence-electron chi connectivity index (χ2n) is 15.6. The Morgan fingerprint density at radius 3 is 1.00 bits per heavy atom. The van der Waals surface area contributed by atoms with Gasteiger partial charge >= 0.3 is 11.9 Å². The van der Waals surface area contributed by atoms with Gasteiger partial charge in [0, 0.05) is 10.5 Å². The third-order valence-corrected chi connectivity index (χ3v) is 12.1. The fourth-order valence-electron chi connectivity index (χ4n) is 6.76. The van der Waals surface area contributed by atoms with Crippen LogP contribution in [0.4, 0.5) is 0 Å². The van der Waals surface area contributed by atoms with E-state index >= 15 is 0 Å². The highest BCUT2D eigenvalue weighted by molar-refractivity contribution is 8.00. The van der Waals surface area contributed by atoms with Crippen LogP contribution in [0.3, 0.4) is 0 Å². The Bertz CT molecular complexity index is 713. The zero-order valence-electron chi connectivity index (χ0n) is 34.4. The lowest BCUT2D eigenvalue weighted by Crippen LogP contribution is -2.26. The van der Waals surface area contributed by atoms with Crippen molar-refractivity contribution in [1.82, 2.24) is 0 Å². The van der Waals surface area contributed by atoms with Crippen LogP contribution in [-0.4, -0.2) is 35.7 Å². The van der Waals surface area contributed by atoms with Crippen molar-refractivity contribution in [2.75, 3.05) is 19.0 Å². The summed E-state index contributed by atoms with van der Waals surface area (Å²) in [5.41, 5.74) is 0. The van der Waals surface area contributed by atoms with E-state index in [1.807, 2.05) is 0 Å². The smallest absolute Gasteiger partial charge is 0.307 e. The maximum Gasteiger partial charge on any atom is 0.307 e. The molecule has 1 unspecified atom stereocenters. The number of esters is 2. The Labute approximate surface area is 317 Å². The maximum absolute atomic E-state index is 12.5. The molecule has 50 heavy (non-hydrogen) atoms. The van der Waals surface area contributed by atoms with Gasteiger partial charge in [0.15, 0.2) is 0 Å². The summed E-state index contributed by atoms with van der Waals surface area (Å²) in [6, 6.07) is 0. The molecule has 0 aliphatic carbocycles. The molecule has 0 fully saturated rings. The third-order valence-electron chi connectivity index (χ3n) is 10.5. The van der Waals surface area contributed by atoms with Gasteiger partial charge in [0.25, 0.3) is 0 Å². The van der Waals surface area contributed by atoms with Gasteiger partial charge in [-0.1, -0.05) is 213 Å². The van der Waals surface area contributed by atoms with E-state index in [-0.39, 0.29) is 16.7 Å². The molecular formula is C45H88O4S. The predicted molar refractivity (Wildman–Crippen MR) is 221 cm³/mol. The summed E-state index contributed by atoms with van der Waals surface area (Å²) in [5.74, 6) is 0.478. The molecule has 298 valence electrons. The molecule has 0 aliphatic heterocycles. The summed E-state index contributed by atoms with van der Waals surface area (Å²) in [6.45, 7) is 9.88. The lowest BCUT2D eigenvalue weighted by atomic mass is 10.0. The van der Waals surface area contributed by atoms with Crippen molar-refractivity contribution < 1.29 is 19.1 Å². The van der Waals surface area contributed by atoms with Crippen molar-refractivity contribution in [2.24, 2.45) is 0 Å². The first-order valence-electron chi connectivity index (χ1n) is 22.4. The van der Waals surface area contributed by atoms with Crippen LogP contribution in [0.2, 0.25) is 0 Å². The molecule has 0 saturated carbocycles. The van der Waals surface area contributed by atoms with Crippen molar-refractivity contribution in [3.05, 3.63) is 0 Å². The van der Waals surface area contributed by atoms with Crippen molar-refractivity contribution in [3.8, 4) is 0 Å². The normalized spacial score (nSPS) is 12.6. The van der Waals surface area contributed by atoms with Crippen molar-refractivity contribution in [1.29, 1.82) is 0 Å². The van der Waals surface area contributed by atoms with Crippen LogP contribution in [0.15, 0.2) is 0 Å². The average molecular weight is 725 g/mol. The minimum absolute atomic E-state index is 0.103. The molecule has 0 heterocycles. The quantitative estimate of drug-likeness (QED) is 0.0464. The Balaban J connectivity index is 3.57. The van der Waals surface area contributed by atoms with E-state index in [9.17, 15) is 9.59 Å². The summed E-state index contributed by atoms with van der Waals surface area (Å²) >= 11 is 1.71. The van der Waals surface area contributed by atoms with Gasteiger partial charge in [-0.25, -0.2) is 0 Å². The molecule has 0 saturated heterocycles. The van der Waals surface area contributed by atoms with Gasteiger partial charge in [-0.05, 0) is 26.2 Å². The third kappa shape index (κ3) is 37.1. The average Bonchev–Trinajstić information content (AvgIpc) is 3.10. The number of thioether (sulfide) groups is 1. The van der Waals surface area contributed by atoms with Crippen molar-refractivity contribution in [3.63, 3.8) is 0 Å². The van der Waals surface area contributed by atoms with E-state index in [0.717, 1.165) is 32.1 Å². The van der Waals surface area contributed by atoms with Gasteiger partial charge in [-0.2, -0.15) is 11.8 Å². The fraction of sp³-hybridized carbons (Fsp3) is 0.956. The molecule has 0 aromatic carbocycles. The van der Waals surface area contributed by atoms with Crippen LogP contribution in [0, 0.1) is 0 Å². The Morgan fingerprint density at radius 2 is 0.700 bits per heavy atom. The van der Waals surface area contributed by atoms with E-state index < -0.39 is 0 Å². The molecule has 0 aliphatic rings. The molecule has 0 aromatic heterocycles.